The highest BCUT2D eigenvalue weighted by molar-refractivity contribution is 5.78. The van der Waals surface area contributed by atoms with Gasteiger partial charge in [0.05, 0.1) is 24.7 Å². The Labute approximate surface area is 115 Å². The average molecular weight is 290 g/mol. The Balaban J connectivity index is 4.13. The van der Waals surface area contributed by atoms with Gasteiger partial charge in [0.25, 0.3) is 0 Å². The predicted octanol–water partition coefficient (Wildman–Crippen LogP) is 0.898. The van der Waals surface area contributed by atoms with Gasteiger partial charge < -0.3 is 20.4 Å². The Bertz CT molecular complexity index is 340. The minimum Gasteiger partial charge on any atom is -0.481 e. The van der Waals surface area contributed by atoms with Crippen LogP contribution in [-0.2, 0) is 19.2 Å². The normalized spacial score (nSPS) is 13.4. The molecule has 0 rings (SSSR count). The Hall–Kier alpha value is -2.12. The summed E-state index contributed by atoms with van der Waals surface area (Å²) in [5.74, 6) is -6.82. The molecule has 20 heavy (non-hydrogen) atoms. The molecule has 0 aliphatic heterocycles. The zero-order valence-electron chi connectivity index (χ0n) is 10.8. The van der Waals surface area contributed by atoms with E-state index in [1.807, 2.05) is 0 Å². The van der Waals surface area contributed by atoms with Crippen molar-refractivity contribution >= 4 is 23.9 Å². The van der Waals surface area contributed by atoms with E-state index in [-0.39, 0.29) is 12.8 Å². The number of carboxylic acid groups (broad SMARTS) is 4. The number of hydrogen-bond donors (Lipinski definition) is 4. The van der Waals surface area contributed by atoms with Crippen molar-refractivity contribution in [2.75, 3.05) is 0 Å². The molecule has 114 valence electrons. The van der Waals surface area contributed by atoms with Gasteiger partial charge in [0.1, 0.15) is 0 Å². The quantitative estimate of drug-likeness (QED) is 0.410. The summed E-state index contributed by atoms with van der Waals surface area (Å²) in [6.07, 6.45) is -0.0248. The van der Waals surface area contributed by atoms with Gasteiger partial charge in [0, 0.05) is 0 Å². The van der Waals surface area contributed by atoms with Crippen molar-refractivity contribution in [3.05, 3.63) is 0 Å². The Morgan fingerprint density at radius 1 is 0.650 bits per heavy atom. The standard InChI is InChI=1S/C12H18O8/c13-9(14)5-7(11(17)18)3-1-2-4-8(12(19)20)6-10(15)16/h7-8H,1-6H2,(H,13,14)(H,15,16)(H,17,18)(H,19,20). The summed E-state index contributed by atoms with van der Waals surface area (Å²) < 4.78 is 0. The first kappa shape index (κ1) is 17.9. The smallest absolute Gasteiger partial charge is 0.307 e. The lowest BCUT2D eigenvalue weighted by Gasteiger charge is -2.12. The summed E-state index contributed by atoms with van der Waals surface area (Å²) in [5.41, 5.74) is 0. The van der Waals surface area contributed by atoms with Gasteiger partial charge in [-0.15, -0.1) is 0 Å². The lowest BCUT2D eigenvalue weighted by Crippen LogP contribution is -2.19. The van der Waals surface area contributed by atoms with Crippen molar-refractivity contribution in [2.45, 2.75) is 38.5 Å². The third-order valence-corrected chi connectivity index (χ3v) is 2.90. The molecule has 2 atom stereocenters. The van der Waals surface area contributed by atoms with Crippen LogP contribution in [0.4, 0.5) is 0 Å². The zero-order valence-corrected chi connectivity index (χ0v) is 10.8. The van der Waals surface area contributed by atoms with Crippen LogP contribution in [0.5, 0.6) is 0 Å². The van der Waals surface area contributed by atoms with E-state index >= 15 is 0 Å². The zero-order chi connectivity index (χ0) is 15.7. The Morgan fingerprint density at radius 3 is 1.15 bits per heavy atom. The van der Waals surface area contributed by atoms with E-state index in [9.17, 15) is 19.2 Å². The fraction of sp³-hybridized carbons (Fsp3) is 0.667. The van der Waals surface area contributed by atoms with Crippen molar-refractivity contribution < 1.29 is 39.6 Å². The van der Waals surface area contributed by atoms with E-state index < -0.39 is 48.6 Å². The molecular formula is C12H18O8. The monoisotopic (exact) mass is 290 g/mol. The van der Waals surface area contributed by atoms with Gasteiger partial charge in [-0.3, -0.25) is 19.2 Å². The van der Waals surface area contributed by atoms with Crippen molar-refractivity contribution in [3.8, 4) is 0 Å². The van der Waals surface area contributed by atoms with Crippen LogP contribution in [0.2, 0.25) is 0 Å². The summed E-state index contributed by atoms with van der Waals surface area (Å²) in [6.45, 7) is 0. The molecule has 0 spiro atoms. The molecule has 0 heterocycles. The molecule has 0 aliphatic carbocycles. The van der Waals surface area contributed by atoms with Gasteiger partial charge >= 0.3 is 23.9 Å². The number of rotatable bonds is 11. The van der Waals surface area contributed by atoms with Gasteiger partial charge in [-0.05, 0) is 12.8 Å². The van der Waals surface area contributed by atoms with Crippen LogP contribution in [0.3, 0.4) is 0 Å². The van der Waals surface area contributed by atoms with E-state index in [1.54, 1.807) is 0 Å². The summed E-state index contributed by atoms with van der Waals surface area (Å²) in [4.78, 5) is 42.5. The summed E-state index contributed by atoms with van der Waals surface area (Å²) in [5, 5.41) is 34.7. The molecule has 0 aromatic carbocycles. The Morgan fingerprint density at radius 2 is 0.950 bits per heavy atom. The summed E-state index contributed by atoms with van der Waals surface area (Å²) in [6, 6.07) is 0. The highest BCUT2D eigenvalue weighted by atomic mass is 16.4. The van der Waals surface area contributed by atoms with Crippen molar-refractivity contribution in [2.24, 2.45) is 11.8 Å². The van der Waals surface area contributed by atoms with Crippen LogP contribution in [0.25, 0.3) is 0 Å². The third-order valence-electron chi connectivity index (χ3n) is 2.90. The fourth-order valence-corrected chi connectivity index (χ4v) is 1.83. The second-order valence-electron chi connectivity index (χ2n) is 4.55. The SMILES string of the molecule is O=C(O)CC(CCCCC(CC(=O)O)C(=O)O)C(=O)O. The molecule has 0 radical (unpaired) electrons. The van der Waals surface area contributed by atoms with Gasteiger partial charge in [0.2, 0.25) is 0 Å². The van der Waals surface area contributed by atoms with Crippen LogP contribution in [-0.4, -0.2) is 44.3 Å². The second kappa shape index (κ2) is 8.89. The fourth-order valence-electron chi connectivity index (χ4n) is 1.83. The minimum atomic E-state index is -1.20. The highest BCUT2D eigenvalue weighted by Gasteiger charge is 2.23. The maximum Gasteiger partial charge on any atom is 0.307 e. The van der Waals surface area contributed by atoms with Gasteiger partial charge in [-0.2, -0.15) is 0 Å². The lowest BCUT2D eigenvalue weighted by molar-refractivity contribution is -0.149. The summed E-state index contributed by atoms with van der Waals surface area (Å²) >= 11 is 0. The molecule has 8 heteroatoms. The van der Waals surface area contributed by atoms with Crippen LogP contribution in [0.1, 0.15) is 38.5 Å². The number of carboxylic acids is 4. The van der Waals surface area contributed by atoms with Gasteiger partial charge in [-0.25, -0.2) is 0 Å². The second-order valence-corrected chi connectivity index (χ2v) is 4.55. The molecule has 4 N–H and O–H groups in total. The maximum absolute atomic E-state index is 10.8. The van der Waals surface area contributed by atoms with Crippen molar-refractivity contribution in [1.82, 2.24) is 0 Å². The van der Waals surface area contributed by atoms with Crippen LogP contribution >= 0.6 is 0 Å². The number of unbranched alkanes of at least 4 members (excludes halogenated alkanes) is 1. The van der Waals surface area contributed by atoms with Gasteiger partial charge in [0.15, 0.2) is 0 Å². The van der Waals surface area contributed by atoms with E-state index in [0.29, 0.717) is 12.8 Å². The average Bonchev–Trinajstić information content (AvgIpc) is 2.29. The van der Waals surface area contributed by atoms with Gasteiger partial charge in [-0.1, -0.05) is 12.8 Å². The molecule has 2 unspecified atom stereocenters. The molecule has 0 aromatic heterocycles. The van der Waals surface area contributed by atoms with E-state index in [2.05, 4.69) is 0 Å². The van der Waals surface area contributed by atoms with E-state index in [1.165, 1.54) is 0 Å². The molecule has 0 saturated heterocycles. The first-order chi connectivity index (χ1) is 9.23. The van der Waals surface area contributed by atoms with Crippen LogP contribution in [0, 0.1) is 11.8 Å². The topological polar surface area (TPSA) is 149 Å². The first-order valence-corrected chi connectivity index (χ1v) is 6.13. The molecule has 0 aromatic rings. The Kier molecular flexibility index (Phi) is 7.95. The number of hydrogen-bond acceptors (Lipinski definition) is 4. The lowest BCUT2D eigenvalue weighted by atomic mass is 9.94. The molecule has 0 amide bonds. The predicted molar refractivity (Wildman–Crippen MR) is 65.2 cm³/mol. The minimum absolute atomic E-state index is 0.126. The summed E-state index contributed by atoms with van der Waals surface area (Å²) in [7, 11) is 0. The number of aliphatic carboxylic acids is 4. The molecule has 0 aliphatic rings. The van der Waals surface area contributed by atoms with E-state index in [4.69, 9.17) is 20.4 Å². The number of carbonyl (C=O) groups is 4. The highest BCUT2D eigenvalue weighted by Crippen LogP contribution is 2.18. The van der Waals surface area contributed by atoms with E-state index in [0.717, 1.165) is 0 Å². The largest absolute Gasteiger partial charge is 0.481 e. The molecule has 0 fully saturated rings. The molecular weight excluding hydrogens is 272 g/mol. The molecule has 0 saturated carbocycles. The maximum atomic E-state index is 10.8. The van der Waals surface area contributed by atoms with Crippen LogP contribution in [0.15, 0.2) is 0 Å². The molecule has 8 nitrogen and oxygen atoms in total. The van der Waals surface area contributed by atoms with Crippen LogP contribution < -0.4 is 0 Å². The third kappa shape index (κ3) is 8.06. The molecule has 0 bridgehead atoms. The first-order valence-electron chi connectivity index (χ1n) is 6.13. The van der Waals surface area contributed by atoms with Crippen molar-refractivity contribution in [1.29, 1.82) is 0 Å². The van der Waals surface area contributed by atoms with Crippen molar-refractivity contribution in [3.63, 3.8) is 0 Å².